The van der Waals surface area contributed by atoms with E-state index in [0.29, 0.717) is 11.2 Å². The monoisotopic (exact) mass is 347 g/mol. The minimum atomic E-state index is -1.33. The van der Waals surface area contributed by atoms with Crippen LogP contribution in [0.5, 0.6) is 5.75 Å². The van der Waals surface area contributed by atoms with Gasteiger partial charge in [0.25, 0.3) is 0 Å². The number of carboxylic acids is 1. The number of pyridine rings is 1. The van der Waals surface area contributed by atoms with Crippen molar-refractivity contribution < 1.29 is 20.1 Å². The first-order chi connectivity index (χ1) is 11.9. The molecule has 0 bridgehead atoms. The number of aliphatic hydroxyl groups is 1. The molecule has 1 aliphatic heterocycles. The van der Waals surface area contributed by atoms with E-state index in [0.717, 1.165) is 26.2 Å². The molecule has 1 aliphatic rings. The number of aromatic hydroxyl groups is 1. The third kappa shape index (κ3) is 3.18. The van der Waals surface area contributed by atoms with Crippen LogP contribution in [0.4, 0.5) is 5.69 Å². The number of fused-ring (bicyclic) bond motifs is 1. The normalized spacial score (nSPS) is 15.7. The number of benzene rings is 1. The number of rotatable bonds is 4. The molecule has 8 heteroatoms. The summed E-state index contributed by atoms with van der Waals surface area (Å²) in [6.45, 7) is 3.17. The van der Waals surface area contributed by atoms with Crippen LogP contribution in [0.3, 0.4) is 0 Å². The van der Waals surface area contributed by atoms with E-state index in [9.17, 15) is 24.9 Å². The minimum absolute atomic E-state index is 0.0489. The summed E-state index contributed by atoms with van der Waals surface area (Å²) >= 11 is 0. The van der Waals surface area contributed by atoms with Gasteiger partial charge >= 0.3 is 5.97 Å². The lowest BCUT2D eigenvalue weighted by molar-refractivity contribution is 0.0694. The van der Waals surface area contributed by atoms with Crippen molar-refractivity contribution in [2.24, 2.45) is 0 Å². The Balaban J connectivity index is 2.18. The standard InChI is InChI=1S/C17H21N3O5/c1-18-2-4-19(5-3-18)14-9-13-11(8-15(14)22)16(23)12(17(24)25)10-20(13)6-7-21/h8-10,21-22H,2-7H2,1H3,(H,24,25). The van der Waals surface area contributed by atoms with Crippen LogP contribution in [-0.2, 0) is 6.54 Å². The molecule has 1 aromatic carbocycles. The minimum Gasteiger partial charge on any atom is -0.506 e. The summed E-state index contributed by atoms with van der Waals surface area (Å²) in [6.07, 6.45) is 1.24. The Labute approximate surface area is 144 Å². The zero-order valence-corrected chi connectivity index (χ0v) is 14.0. The lowest BCUT2D eigenvalue weighted by atomic mass is 10.1. The molecule has 0 atom stereocenters. The number of likely N-dealkylation sites (N-methyl/N-ethyl adjacent to an activating group) is 1. The average Bonchev–Trinajstić information content (AvgIpc) is 2.58. The van der Waals surface area contributed by atoms with Crippen molar-refractivity contribution >= 4 is 22.6 Å². The van der Waals surface area contributed by atoms with Gasteiger partial charge in [-0.25, -0.2) is 4.79 Å². The Morgan fingerprint density at radius 2 is 1.88 bits per heavy atom. The maximum absolute atomic E-state index is 12.4. The lowest BCUT2D eigenvalue weighted by Crippen LogP contribution is -2.44. The number of piperazine rings is 1. The van der Waals surface area contributed by atoms with E-state index in [2.05, 4.69) is 4.90 Å². The summed E-state index contributed by atoms with van der Waals surface area (Å²) < 4.78 is 1.54. The molecule has 0 radical (unpaired) electrons. The van der Waals surface area contributed by atoms with Crippen molar-refractivity contribution in [3.63, 3.8) is 0 Å². The zero-order valence-electron chi connectivity index (χ0n) is 14.0. The van der Waals surface area contributed by atoms with Gasteiger partial charge in [-0.1, -0.05) is 0 Å². The second kappa shape index (κ2) is 6.73. The first-order valence-corrected chi connectivity index (χ1v) is 8.10. The summed E-state index contributed by atoms with van der Waals surface area (Å²) in [7, 11) is 2.03. The third-order valence-corrected chi connectivity index (χ3v) is 4.59. The Kier molecular flexibility index (Phi) is 4.65. The maximum atomic E-state index is 12.4. The number of hydrogen-bond acceptors (Lipinski definition) is 6. The van der Waals surface area contributed by atoms with Gasteiger partial charge in [-0.3, -0.25) is 4.79 Å². The number of phenols is 1. The van der Waals surface area contributed by atoms with Gasteiger partial charge in [-0.05, 0) is 19.2 Å². The summed E-state index contributed by atoms with van der Waals surface area (Å²) in [6, 6.07) is 3.02. The fraction of sp³-hybridized carbons (Fsp3) is 0.412. The smallest absolute Gasteiger partial charge is 0.341 e. The van der Waals surface area contributed by atoms with E-state index in [1.54, 1.807) is 10.6 Å². The molecule has 2 heterocycles. The number of anilines is 1. The number of aromatic carboxylic acids is 1. The largest absolute Gasteiger partial charge is 0.506 e. The Morgan fingerprint density at radius 3 is 2.48 bits per heavy atom. The topological polar surface area (TPSA) is 106 Å². The van der Waals surface area contributed by atoms with Crippen LogP contribution in [0.2, 0.25) is 0 Å². The third-order valence-electron chi connectivity index (χ3n) is 4.59. The van der Waals surface area contributed by atoms with Gasteiger partial charge in [0.1, 0.15) is 11.3 Å². The van der Waals surface area contributed by atoms with Crippen LogP contribution < -0.4 is 10.3 Å². The molecule has 0 aliphatic carbocycles. The molecule has 3 N–H and O–H groups in total. The van der Waals surface area contributed by atoms with Crippen molar-refractivity contribution in [3.8, 4) is 5.75 Å². The SMILES string of the molecule is CN1CCN(c2cc3c(cc2O)c(=O)c(C(=O)O)cn3CCO)CC1. The fourth-order valence-corrected chi connectivity index (χ4v) is 3.16. The summed E-state index contributed by atoms with van der Waals surface area (Å²) in [4.78, 5) is 27.9. The Morgan fingerprint density at radius 1 is 1.20 bits per heavy atom. The van der Waals surface area contributed by atoms with Crippen LogP contribution in [0.25, 0.3) is 10.9 Å². The first-order valence-electron chi connectivity index (χ1n) is 8.10. The van der Waals surface area contributed by atoms with Gasteiger partial charge in [0.05, 0.1) is 23.2 Å². The highest BCUT2D eigenvalue weighted by Crippen LogP contribution is 2.32. The average molecular weight is 347 g/mol. The van der Waals surface area contributed by atoms with Crippen LogP contribution in [0.1, 0.15) is 10.4 Å². The van der Waals surface area contributed by atoms with E-state index >= 15 is 0 Å². The highest BCUT2D eigenvalue weighted by molar-refractivity contribution is 5.94. The van der Waals surface area contributed by atoms with E-state index in [1.165, 1.54) is 12.3 Å². The molecule has 0 saturated carbocycles. The van der Waals surface area contributed by atoms with Crippen molar-refractivity contribution in [2.45, 2.75) is 6.54 Å². The number of nitrogens with zero attached hydrogens (tertiary/aromatic N) is 3. The Bertz CT molecular complexity index is 869. The first kappa shape index (κ1) is 17.2. The van der Waals surface area contributed by atoms with Gasteiger partial charge in [0.15, 0.2) is 0 Å². The Hall–Kier alpha value is -2.58. The predicted octanol–water partition coefficient (Wildman–Crippen LogP) is 0.149. The van der Waals surface area contributed by atoms with Crippen molar-refractivity contribution in [1.82, 2.24) is 9.47 Å². The highest BCUT2D eigenvalue weighted by Gasteiger charge is 2.21. The summed E-state index contributed by atoms with van der Waals surface area (Å²) in [5.74, 6) is -1.38. The molecule has 2 aromatic rings. The van der Waals surface area contributed by atoms with Crippen molar-refractivity contribution in [3.05, 3.63) is 34.1 Å². The number of aromatic nitrogens is 1. The molecule has 0 amide bonds. The van der Waals surface area contributed by atoms with Gasteiger partial charge in [-0.2, -0.15) is 0 Å². The molecule has 1 saturated heterocycles. The quantitative estimate of drug-likeness (QED) is 0.723. The lowest BCUT2D eigenvalue weighted by Gasteiger charge is -2.34. The van der Waals surface area contributed by atoms with Gasteiger partial charge in [0, 0.05) is 38.9 Å². The van der Waals surface area contributed by atoms with Gasteiger partial charge in [0.2, 0.25) is 5.43 Å². The fourth-order valence-electron chi connectivity index (χ4n) is 3.16. The highest BCUT2D eigenvalue weighted by atomic mass is 16.4. The second-order valence-electron chi connectivity index (χ2n) is 6.24. The molecular formula is C17H21N3O5. The van der Waals surface area contributed by atoms with E-state index in [-0.39, 0.29) is 29.9 Å². The summed E-state index contributed by atoms with van der Waals surface area (Å²) in [5.41, 5.74) is 0.0788. The van der Waals surface area contributed by atoms with E-state index in [1.807, 2.05) is 11.9 Å². The number of carbonyl (C=O) groups is 1. The second-order valence-corrected chi connectivity index (χ2v) is 6.24. The van der Waals surface area contributed by atoms with Crippen LogP contribution in [-0.4, -0.2) is 70.6 Å². The predicted molar refractivity (Wildman–Crippen MR) is 93.6 cm³/mol. The van der Waals surface area contributed by atoms with Crippen LogP contribution in [0, 0.1) is 0 Å². The maximum Gasteiger partial charge on any atom is 0.341 e. The molecule has 0 unspecified atom stereocenters. The molecule has 1 fully saturated rings. The molecule has 3 rings (SSSR count). The van der Waals surface area contributed by atoms with Gasteiger partial charge < -0.3 is 29.7 Å². The molecule has 1 aromatic heterocycles. The number of aliphatic hydroxyl groups excluding tert-OH is 1. The van der Waals surface area contributed by atoms with Crippen LogP contribution in [0.15, 0.2) is 23.1 Å². The number of carboxylic acid groups (broad SMARTS) is 1. The number of phenolic OH excluding ortho intramolecular Hbond substituents is 1. The molecule has 0 spiro atoms. The molecule has 8 nitrogen and oxygen atoms in total. The van der Waals surface area contributed by atoms with Crippen LogP contribution >= 0.6 is 0 Å². The van der Waals surface area contributed by atoms with E-state index in [4.69, 9.17) is 0 Å². The zero-order chi connectivity index (χ0) is 18.1. The molecule has 134 valence electrons. The summed E-state index contributed by atoms with van der Waals surface area (Å²) in [5, 5.41) is 29.0. The van der Waals surface area contributed by atoms with Gasteiger partial charge in [-0.15, -0.1) is 0 Å². The van der Waals surface area contributed by atoms with Crippen molar-refractivity contribution in [2.75, 3.05) is 44.7 Å². The molecule has 25 heavy (non-hydrogen) atoms. The van der Waals surface area contributed by atoms with E-state index < -0.39 is 11.4 Å². The number of hydrogen-bond donors (Lipinski definition) is 3. The van der Waals surface area contributed by atoms with Crippen molar-refractivity contribution in [1.29, 1.82) is 0 Å². The molecular weight excluding hydrogens is 326 g/mol.